The van der Waals surface area contributed by atoms with Gasteiger partial charge in [0.2, 0.25) is 0 Å². The number of aliphatic hydroxyl groups excluding tert-OH is 1. The highest BCUT2D eigenvalue weighted by atomic mass is 16.3. The first kappa shape index (κ1) is 11.0. The molecule has 0 bridgehead atoms. The van der Waals surface area contributed by atoms with Crippen molar-refractivity contribution in [3.63, 3.8) is 0 Å². The highest BCUT2D eigenvalue weighted by Gasteiger charge is 2.27. The van der Waals surface area contributed by atoms with E-state index in [1.54, 1.807) is 0 Å². The van der Waals surface area contributed by atoms with Crippen LogP contribution in [0.15, 0.2) is 0 Å². The molecular formula is C10H22N2O. The lowest BCUT2D eigenvalue weighted by Crippen LogP contribution is -2.40. The zero-order valence-corrected chi connectivity index (χ0v) is 8.79. The fourth-order valence-electron chi connectivity index (χ4n) is 1.71. The van der Waals surface area contributed by atoms with Crippen LogP contribution in [0.5, 0.6) is 0 Å². The maximum absolute atomic E-state index is 8.87. The zero-order valence-electron chi connectivity index (χ0n) is 8.79. The summed E-state index contributed by atoms with van der Waals surface area (Å²) in [5, 5.41) is 12.3. The minimum Gasteiger partial charge on any atom is -0.396 e. The second-order valence-corrected chi connectivity index (χ2v) is 3.94. The molecule has 0 aromatic heterocycles. The molecule has 1 aliphatic carbocycles. The summed E-state index contributed by atoms with van der Waals surface area (Å²) < 4.78 is 0. The molecule has 0 aromatic carbocycles. The first-order chi connectivity index (χ1) is 6.27. The Kier molecular flexibility index (Phi) is 4.70. The standard InChI is InChI=1S/C10H22N2O/c1-3-11-9(6-7-13)8-12(2)10-4-5-10/h9-11,13H,3-8H2,1-2H3. The smallest absolute Gasteiger partial charge is 0.0446 e. The average Bonchev–Trinajstić information content (AvgIpc) is 2.87. The van der Waals surface area contributed by atoms with Gasteiger partial charge in [-0.1, -0.05) is 6.92 Å². The minimum atomic E-state index is 0.288. The molecule has 0 aliphatic heterocycles. The number of nitrogens with one attached hydrogen (secondary N) is 1. The van der Waals surface area contributed by atoms with Gasteiger partial charge in [-0.25, -0.2) is 0 Å². The van der Waals surface area contributed by atoms with Crippen molar-refractivity contribution in [2.45, 2.75) is 38.3 Å². The largest absolute Gasteiger partial charge is 0.396 e. The van der Waals surface area contributed by atoms with Crippen LogP contribution < -0.4 is 5.32 Å². The summed E-state index contributed by atoms with van der Waals surface area (Å²) in [6.07, 6.45) is 3.58. The van der Waals surface area contributed by atoms with Gasteiger partial charge >= 0.3 is 0 Å². The second kappa shape index (κ2) is 5.58. The Morgan fingerprint density at radius 1 is 1.54 bits per heavy atom. The van der Waals surface area contributed by atoms with Gasteiger partial charge in [-0.3, -0.25) is 0 Å². The summed E-state index contributed by atoms with van der Waals surface area (Å²) >= 11 is 0. The molecule has 1 rings (SSSR count). The highest BCUT2D eigenvalue weighted by Crippen LogP contribution is 2.25. The number of likely N-dealkylation sites (N-methyl/N-ethyl adjacent to an activating group) is 2. The van der Waals surface area contributed by atoms with Crippen molar-refractivity contribution in [1.29, 1.82) is 0 Å². The van der Waals surface area contributed by atoms with Crippen molar-refractivity contribution in [1.82, 2.24) is 10.2 Å². The lowest BCUT2D eigenvalue weighted by molar-refractivity contribution is 0.226. The summed E-state index contributed by atoms with van der Waals surface area (Å²) in [4.78, 5) is 2.41. The van der Waals surface area contributed by atoms with Gasteiger partial charge in [-0.2, -0.15) is 0 Å². The van der Waals surface area contributed by atoms with Crippen LogP contribution >= 0.6 is 0 Å². The number of rotatable bonds is 7. The summed E-state index contributed by atoms with van der Waals surface area (Å²) in [5.41, 5.74) is 0. The molecular weight excluding hydrogens is 164 g/mol. The average molecular weight is 186 g/mol. The molecule has 1 atom stereocenters. The fourth-order valence-corrected chi connectivity index (χ4v) is 1.71. The molecule has 0 radical (unpaired) electrons. The lowest BCUT2D eigenvalue weighted by Gasteiger charge is -2.23. The fraction of sp³-hybridized carbons (Fsp3) is 1.00. The van der Waals surface area contributed by atoms with Crippen molar-refractivity contribution in [3.8, 4) is 0 Å². The van der Waals surface area contributed by atoms with E-state index >= 15 is 0 Å². The van der Waals surface area contributed by atoms with Gasteiger partial charge in [0, 0.05) is 25.2 Å². The zero-order chi connectivity index (χ0) is 9.68. The van der Waals surface area contributed by atoms with Crippen molar-refractivity contribution < 1.29 is 5.11 Å². The van der Waals surface area contributed by atoms with Gasteiger partial charge in [-0.05, 0) is 32.9 Å². The van der Waals surface area contributed by atoms with Gasteiger partial charge in [-0.15, -0.1) is 0 Å². The molecule has 0 amide bonds. The molecule has 0 heterocycles. The maximum Gasteiger partial charge on any atom is 0.0446 e. The van der Waals surface area contributed by atoms with E-state index in [-0.39, 0.29) is 6.61 Å². The maximum atomic E-state index is 8.87. The van der Waals surface area contributed by atoms with E-state index in [4.69, 9.17) is 5.11 Å². The predicted octanol–water partition coefficient (Wildman–Crippen LogP) is 0.441. The molecule has 0 saturated heterocycles. The Hall–Kier alpha value is -0.120. The molecule has 1 saturated carbocycles. The monoisotopic (exact) mass is 186 g/mol. The quantitative estimate of drug-likeness (QED) is 0.605. The molecule has 0 spiro atoms. The normalized spacial score (nSPS) is 19.4. The van der Waals surface area contributed by atoms with Crippen molar-refractivity contribution in [2.75, 3.05) is 26.7 Å². The van der Waals surface area contributed by atoms with Crippen molar-refractivity contribution in [2.24, 2.45) is 0 Å². The Bertz CT molecular complexity index is 131. The summed E-state index contributed by atoms with van der Waals surface area (Å²) in [7, 11) is 2.18. The topological polar surface area (TPSA) is 35.5 Å². The molecule has 2 N–H and O–H groups in total. The van der Waals surface area contributed by atoms with E-state index in [2.05, 4.69) is 24.2 Å². The highest BCUT2D eigenvalue weighted by molar-refractivity contribution is 4.84. The van der Waals surface area contributed by atoms with E-state index in [1.807, 2.05) is 0 Å². The van der Waals surface area contributed by atoms with E-state index in [0.29, 0.717) is 6.04 Å². The number of aliphatic hydroxyl groups is 1. The third kappa shape index (κ3) is 4.07. The Morgan fingerprint density at radius 2 is 2.23 bits per heavy atom. The van der Waals surface area contributed by atoms with E-state index in [0.717, 1.165) is 25.6 Å². The van der Waals surface area contributed by atoms with Gasteiger partial charge < -0.3 is 15.3 Å². The summed E-state index contributed by atoms with van der Waals surface area (Å²) in [5.74, 6) is 0. The second-order valence-electron chi connectivity index (χ2n) is 3.94. The van der Waals surface area contributed by atoms with Gasteiger partial charge in [0.25, 0.3) is 0 Å². The van der Waals surface area contributed by atoms with E-state index in [1.165, 1.54) is 12.8 Å². The van der Waals surface area contributed by atoms with Crippen LogP contribution in [0.4, 0.5) is 0 Å². The van der Waals surface area contributed by atoms with Crippen molar-refractivity contribution >= 4 is 0 Å². The summed E-state index contributed by atoms with van der Waals surface area (Å²) in [6.45, 7) is 4.46. The number of hydrogen-bond donors (Lipinski definition) is 2. The Balaban J connectivity index is 2.18. The minimum absolute atomic E-state index is 0.288. The van der Waals surface area contributed by atoms with Crippen LogP contribution in [0, 0.1) is 0 Å². The van der Waals surface area contributed by atoms with Crippen LogP contribution in [-0.4, -0.2) is 48.8 Å². The van der Waals surface area contributed by atoms with Crippen molar-refractivity contribution in [3.05, 3.63) is 0 Å². The molecule has 13 heavy (non-hydrogen) atoms. The SMILES string of the molecule is CCNC(CCO)CN(C)C1CC1. The summed E-state index contributed by atoms with van der Waals surface area (Å²) in [6, 6.07) is 1.28. The third-order valence-corrected chi connectivity index (χ3v) is 2.65. The van der Waals surface area contributed by atoms with Gasteiger partial charge in [0.05, 0.1) is 0 Å². The third-order valence-electron chi connectivity index (χ3n) is 2.65. The molecule has 0 aromatic rings. The van der Waals surface area contributed by atoms with Crippen LogP contribution in [-0.2, 0) is 0 Å². The Morgan fingerprint density at radius 3 is 2.69 bits per heavy atom. The Labute approximate surface area is 81.1 Å². The van der Waals surface area contributed by atoms with Crippen LogP contribution in [0.1, 0.15) is 26.2 Å². The first-order valence-electron chi connectivity index (χ1n) is 5.32. The van der Waals surface area contributed by atoms with Crippen LogP contribution in [0.25, 0.3) is 0 Å². The molecule has 1 unspecified atom stereocenters. The van der Waals surface area contributed by atoms with Crippen LogP contribution in [0.2, 0.25) is 0 Å². The molecule has 3 heteroatoms. The molecule has 3 nitrogen and oxygen atoms in total. The number of hydrogen-bond acceptors (Lipinski definition) is 3. The van der Waals surface area contributed by atoms with E-state index in [9.17, 15) is 0 Å². The number of nitrogens with zero attached hydrogens (tertiary/aromatic N) is 1. The first-order valence-corrected chi connectivity index (χ1v) is 5.32. The molecule has 1 aliphatic rings. The van der Waals surface area contributed by atoms with Gasteiger partial charge in [0.1, 0.15) is 0 Å². The lowest BCUT2D eigenvalue weighted by atomic mass is 10.2. The molecule has 1 fully saturated rings. The van der Waals surface area contributed by atoms with E-state index < -0.39 is 0 Å². The van der Waals surface area contributed by atoms with Gasteiger partial charge in [0.15, 0.2) is 0 Å². The van der Waals surface area contributed by atoms with Crippen LogP contribution in [0.3, 0.4) is 0 Å². The predicted molar refractivity (Wildman–Crippen MR) is 54.8 cm³/mol. The molecule has 78 valence electrons.